The molecule has 0 bridgehead atoms. The summed E-state index contributed by atoms with van der Waals surface area (Å²) in [5, 5.41) is 7.10. The van der Waals surface area contributed by atoms with Crippen molar-refractivity contribution in [3.05, 3.63) is 17.5 Å². The minimum atomic E-state index is -0.248. The molecule has 0 radical (unpaired) electrons. The molecule has 0 unspecified atom stereocenters. The second-order valence-electron chi connectivity index (χ2n) is 4.51. The van der Waals surface area contributed by atoms with Crippen LogP contribution in [0.1, 0.15) is 30.0 Å². The number of primary amides is 1. The van der Waals surface area contributed by atoms with Gasteiger partial charge in [0.2, 0.25) is 5.91 Å². The van der Waals surface area contributed by atoms with Gasteiger partial charge in [0.25, 0.3) is 0 Å². The summed E-state index contributed by atoms with van der Waals surface area (Å²) >= 11 is 0. The third-order valence-corrected chi connectivity index (χ3v) is 3.16. The highest BCUT2D eigenvalue weighted by Gasteiger charge is 2.24. The lowest BCUT2D eigenvalue weighted by Gasteiger charge is -2.31. The Hall–Kier alpha value is -1.36. The van der Waals surface area contributed by atoms with Crippen molar-refractivity contribution in [3.63, 3.8) is 0 Å². The number of rotatable bonds is 3. The maximum atomic E-state index is 10.9. The fourth-order valence-electron chi connectivity index (χ4n) is 2.42. The van der Waals surface area contributed by atoms with Crippen molar-refractivity contribution in [2.75, 3.05) is 19.6 Å². The van der Waals surface area contributed by atoms with E-state index in [0.717, 1.165) is 25.9 Å². The first-order valence-corrected chi connectivity index (χ1v) is 5.67. The van der Waals surface area contributed by atoms with E-state index in [0.29, 0.717) is 12.5 Å². The molecule has 1 aliphatic heterocycles. The largest absolute Gasteiger partial charge is 0.369 e. The van der Waals surface area contributed by atoms with Crippen LogP contribution in [0.15, 0.2) is 6.20 Å². The Bertz CT molecular complexity index is 374. The summed E-state index contributed by atoms with van der Waals surface area (Å²) in [6.45, 7) is 4.29. The van der Waals surface area contributed by atoms with Gasteiger partial charge in [0.15, 0.2) is 0 Å². The highest BCUT2D eigenvalue weighted by molar-refractivity contribution is 5.75. The molecule has 1 aromatic heterocycles. The number of hydrogen-bond donors (Lipinski definition) is 2. The molecule has 1 amide bonds. The van der Waals surface area contributed by atoms with Crippen molar-refractivity contribution in [3.8, 4) is 0 Å². The van der Waals surface area contributed by atoms with E-state index in [1.807, 2.05) is 6.20 Å². The summed E-state index contributed by atoms with van der Waals surface area (Å²) in [7, 11) is 0. The average molecular weight is 222 g/mol. The fraction of sp³-hybridized carbons (Fsp3) is 0.636. The number of aromatic amines is 1. The van der Waals surface area contributed by atoms with Crippen molar-refractivity contribution in [2.24, 2.45) is 5.73 Å². The average Bonchev–Trinajstić information content (AvgIpc) is 2.64. The minimum Gasteiger partial charge on any atom is -0.369 e. The Morgan fingerprint density at radius 1 is 1.75 bits per heavy atom. The minimum absolute atomic E-state index is 0.248. The Morgan fingerprint density at radius 2 is 2.56 bits per heavy atom. The Balaban J connectivity index is 2.02. The molecule has 5 nitrogen and oxygen atoms in total. The third-order valence-electron chi connectivity index (χ3n) is 3.16. The van der Waals surface area contributed by atoms with Crippen LogP contribution in [0.2, 0.25) is 0 Å². The molecule has 2 rings (SSSR count). The number of amides is 1. The van der Waals surface area contributed by atoms with E-state index in [1.165, 1.54) is 11.3 Å². The van der Waals surface area contributed by atoms with Gasteiger partial charge in [-0.2, -0.15) is 5.10 Å². The number of nitrogens with one attached hydrogen (secondary N) is 1. The number of nitrogens with zero attached hydrogens (tertiary/aromatic N) is 2. The van der Waals surface area contributed by atoms with Gasteiger partial charge in [0, 0.05) is 18.2 Å². The molecular formula is C11H18N4O. The molecule has 1 saturated heterocycles. The van der Waals surface area contributed by atoms with Crippen molar-refractivity contribution in [2.45, 2.75) is 25.7 Å². The number of H-pyrrole nitrogens is 1. The van der Waals surface area contributed by atoms with Gasteiger partial charge in [0.05, 0.1) is 12.7 Å². The topological polar surface area (TPSA) is 75.0 Å². The van der Waals surface area contributed by atoms with Crippen LogP contribution in [-0.4, -0.2) is 40.6 Å². The van der Waals surface area contributed by atoms with Crippen molar-refractivity contribution in [1.82, 2.24) is 15.1 Å². The molecule has 0 aliphatic carbocycles. The van der Waals surface area contributed by atoms with Crippen LogP contribution in [0.5, 0.6) is 0 Å². The normalized spacial score (nSPS) is 22.2. The second kappa shape index (κ2) is 4.65. The van der Waals surface area contributed by atoms with Crippen LogP contribution in [0, 0.1) is 6.92 Å². The summed E-state index contributed by atoms with van der Waals surface area (Å²) in [6, 6.07) is 0. The van der Waals surface area contributed by atoms with E-state index < -0.39 is 0 Å². The summed E-state index contributed by atoms with van der Waals surface area (Å²) in [5.41, 5.74) is 7.62. The monoisotopic (exact) mass is 222 g/mol. The number of aryl methyl sites for hydroxylation is 1. The Labute approximate surface area is 95.0 Å². The number of likely N-dealkylation sites (tertiary alicyclic amines) is 1. The predicted molar refractivity (Wildman–Crippen MR) is 60.9 cm³/mol. The van der Waals surface area contributed by atoms with E-state index >= 15 is 0 Å². The zero-order valence-electron chi connectivity index (χ0n) is 9.57. The molecule has 1 aromatic rings. The van der Waals surface area contributed by atoms with Gasteiger partial charge >= 0.3 is 0 Å². The number of aromatic nitrogens is 2. The van der Waals surface area contributed by atoms with Gasteiger partial charge in [-0.05, 0) is 31.9 Å². The zero-order chi connectivity index (χ0) is 11.5. The first-order chi connectivity index (χ1) is 7.66. The van der Waals surface area contributed by atoms with Crippen LogP contribution in [0.25, 0.3) is 0 Å². The van der Waals surface area contributed by atoms with Gasteiger partial charge in [-0.15, -0.1) is 0 Å². The molecule has 5 heteroatoms. The van der Waals surface area contributed by atoms with E-state index in [2.05, 4.69) is 22.0 Å². The third kappa shape index (κ3) is 2.41. The van der Waals surface area contributed by atoms with Crippen LogP contribution >= 0.6 is 0 Å². The Kier molecular flexibility index (Phi) is 3.24. The van der Waals surface area contributed by atoms with Crippen LogP contribution in [0.4, 0.5) is 0 Å². The molecule has 88 valence electrons. The van der Waals surface area contributed by atoms with E-state index in [9.17, 15) is 4.79 Å². The first-order valence-electron chi connectivity index (χ1n) is 5.67. The number of carbonyl (C=O) groups excluding carboxylic acids is 1. The summed E-state index contributed by atoms with van der Waals surface area (Å²) in [5.74, 6) is 0.206. The maximum absolute atomic E-state index is 10.9. The smallest absolute Gasteiger partial charge is 0.231 e. The second-order valence-corrected chi connectivity index (χ2v) is 4.51. The molecule has 0 saturated carbocycles. The predicted octanol–water partition coefficient (Wildman–Crippen LogP) is 0.383. The molecule has 1 atom stereocenters. The SMILES string of the molecule is Cc1cn[nH]c1[C@H]1CCCN(CC(N)=O)C1. The zero-order valence-corrected chi connectivity index (χ0v) is 9.57. The summed E-state index contributed by atoms with van der Waals surface area (Å²) in [4.78, 5) is 13.0. The van der Waals surface area contributed by atoms with Crippen LogP contribution in [-0.2, 0) is 4.79 Å². The Morgan fingerprint density at radius 3 is 3.19 bits per heavy atom. The summed E-state index contributed by atoms with van der Waals surface area (Å²) < 4.78 is 0. The van der Waals surface area contributed by atoms with E-state index in [-0.39, 0.29) is 5.91 Å². The van der Waals surface area contributed by atoms with Gasteiger partial charge in [-0.1, -0.05) is 0 Å². The summed E-state index contributed by atoms with van der Waals surface area (Å²) in [6.07, 6.45) is 4.11. The molecule has 3 N–H and O–H groups in total. The lowest BCUT2D eigenvalue weighted by atomic mass is 9.93. The highest BCUT2D eigenvalue weighted by Crippen LogP contribution is 2.26. The highest BCUT2D eigenvalue weighted by atomic mass is 16.1. The number of hydrogen-bond acceptors (Lipinski definition) is 3. The molecule has 1 aliphatic rings. The van der Waals surface area contributed by atoms with Crippen molar-refractivity contribution < 1.29 is 4.79 Å². The maximum Gasteiger partial charge on any atom is 0.231 e. The van der Waals surface area contributed by atoms with Gasteiger partial charge in [-0.25, -0.2) is 0 Å². The number of piperidine rings is 1. The molecule has 16 heavy (non-hydrogen) atoms. The van der Waals surface area contributed by atoms with E-state index in [4.69, 9.17) is 5.73 Å². The van der Waals surface area contributed by atoms with Gasteiger partial charge < -0.3 is 5.73 Å². The molecular weight excluding hydrogens is 204 g/mol. The lowest BCUT2D eigenvalue weighted by molar-refractivity contribution is -0.119. The molecule has 1 fully saturated rings. The van der Waals surface area contributed by atoms with Crippen molar-refractivity contribution >= 4 is 5.91 Å². The van der Waals surface area contributed by atoms with Crippen molar-refractivity contribution in [1.29, 1.82) is 0 Å². The van der Waals surface area contributed by atoms with Crippen LogP contribution in [0.3, 0.4) is 0 Å². The van der Waals surface area contributed by atoms with Gasteiger partial charge in [-0.3, -0.25) is 14.8 Å². The van der Waals surface area contributed by atoms with E-state index in [1.54, 1.807) is 0 Å². The molecule has 0 aromatic carbocycles. The van der Waals surface area contributed by atoms with Crippen LogP contribution < -0.4 is 5.73 Å². The standard InChI is InChI=1S/C11H18N4O/c1-8-5-13-14-11(8)9-3-2-4-15(6-9)7-10(12)16/h5,9H,2-4,6-7H2,1H3,(H2,12,16)(H,13,14)/t9-/m0/s1. The number of carbonyl (C=O) groups is 1. The number of nitrogens with two attached hydrogens (primary N) is 1. The first kappa shape index (κ1) is 11.1. The lowest BCUT2D eigenvalue weighted by Crippen LogP contribution is -2.40. The molecule has 0 spiro atoms. The fourth-order valence-corrected chi connectivity index (χ4v) is 2.42. The quantitative estimate of drug-likeness (QED) is 0.776. The molecule has 2 heterocycles. The van der Waals surface area contributed by atoms with Gasteiger partial charge in [0.1, 0.15) is 0 Å².